The average Bonchev–Trinajstić information content (AvgIpc) is 2.90. The quantitative estimate of drug-likeness (QED) is 0.863. The summed E-state index contributed by atoms with van der Waals surface area (Å²) in [6, 6.07) is 5.81. The van der Waals surface area contributed by atoms with Gasteiger partial charge in [0.15, 0.2) is 0 Å². The number of benzene rings is 1. The summed E-state index contributed by atoms with van der Waals surface area (Å²) in [6.07, 6.45) is 4.34. The number of nitrogens with zero attached hydrogens (tertiary/aromatic N) is 1. The van der Waals surface area contributed by atoms with E-state index in [0.717, 1.165) is 29.3 Å². The molecule has 0 aliphatic carbocycles. The van der Waals surface area contributed by atoms with Crippen LogP contribution in [-0.4, -0.2) is 24.2 Å². The first-order chi connectivity index (χ1) is 8.74. The molecule has 4 nitrogen and oxygen atoms in total. The highest BCUT2D eigenvalue weighted by atomic mass is 79.9. The van der Waals surface area contributed by atoms with Gasteiger partial charge in [0.1, 0.15) is 17.3 Å². The number of aromatic amines is 1. The van der Waals surface area contributed by atoms with E-state index in [1.165, 1.54) is 0 Å². The largest absolute Gasteiger partial charge is 0.497 e. The van der Waals surface area contributed by atoms with Crippen molar-refractivity contribution in [2.24, 2.45) is 0 Å². The van der Waals surface area contributed by atoms with E-state index in [0.29, 0.717) is 0 Å². The highest BCUT2D eigenvalue weighted by Gasteiger charge is 2.15. The molecule has 1 aromatic heterocycles. The minimum Gasteiger partial charge on any atom is -0.497 e. The van der Waals surface area contributed by atoms with Crippen LogP contribution in [0.3, 0.4) is 0 Å². The van der Waals surface area contributed by atoms with E-state index in [1.54, 1.807) is 20.4 Å². The first-order valence-electron chi connectivity index (χ1n) is 5.59. The zero-order valence-corrected chi connectivity index (χ0v) is 11.9. The normalized spacial score (nSPS) is 12.2. The third-order valence-corrected chi connectivity index (χ3v) is 3.52. The Morgan fingerprint density at radius 3 is 2.78 bits per heavy atom. The zero-order chi connectivity index (χ0) is 13.0. The number of methoxy groups -OCH3 is 2. The molecule has 0 fully saturated rings. The van der Waals surface area contributed by atoms with Gasteiger partial charge < -0.3 is 14.5 Å². The van der Waals surface area contributed by atoms with Gasteiger partial charge in [-0.1, -0.05) is 22.0 Å². The molecule has 0 bridgehead atoms. The molecule has 0 aliphatic heterocycles. The summed E-state index contributed by atoms with van der Waals surface area (Å²) in [5.41, 5.74) is 1.08. The summed E-state index contributed by atoms with van der Waals surface area (Å²) in [7, 11) is 3.30. The Morgan fingerprint density at radius 2 is 2.17 bits per heavy atom. The molecule has 1 aromatic carbocycles. The maximum absolute atomic E-state index is 5.39. The van der Waals surface area contributed by atoms with Crippen LogP contribution in [0.1, 0.15) is 16.2 Å². The Hall–Kier alpha value is -1.49. The second kappa shape index (κ2) is 5.91. The van der Waals surface area contributed by atoms with Crippen molar-refractivity contribution in [3.63, 3.8) is 0 Å². The minimum absolute atomic E-state index is 0.143. The van der Waals surface area contributed by atoms with Crippen molar-refractivity contribution >= 4 is 15.9 Å². The molecule has 5 heteroatoms. The number of ether oxygens (including phenoxy) is 2. The molecule has 2 rings (SSSR count). The van der Waals surface area contributed by atoms with Crippen LogP contribution in [0.25, 0.3) is 0 Å². The number of nitrogens with one attached hydrogen (secondary N) is 1. The van der Waals surface area contributed by atoms with Crippen LogP contribution in [0.2, 0.25) is 0 Å². The number of hydrogen-bond acceptors (Lipinski definition) is 3. The molecule has 0 saturated carbocycles. The van der Waals surface area contributed by atoms with Crippen LogP contribution in [-0.2, 0) is 6.42 Å². The Kier molecular flexibility index (Phi) is 4.25. The molecular formula is C13H15BrN2O2. The summed E-state index contributed by atoms with van der Waals surface area (Å²) in [6.45, 7) is 0. The van der Waals surface area contributed by atoms with Crippen molar-refractivity contribution in [2.75, 3.05) is 14.2 Å². The van der Waals surface area contributed by atoms with E-state index >= 15 is 0 Å². The van der Waals surface area contributed by atoms with Crippen LogP contribution in [0.5, 0.6) is 11.5 Å². The monoisotopic (exact) mass is 310 g/mol. The molecule has 0 amide bonds. The highest BCUT2D eigenvalue weighted by molar-refractivity contribution is 9.09. The van der Waals surface area contributed by atoms with Gasteiger partial charge in [0, 0.05) is 30.4 Å². The summed E-state index contributed by atoms with van der Waals surface area (Å²) in [4.78, 5) is 7.45. The molecule has 18 heavy (non-hydrogen) atoms. The molecular weight excluding hydrogens is 296 g/mol. The van der Waals surface area contributed by atoms with E-state index in [9.17, 15) is 0 Å². The van der Waals surface area contributed by atoms with Crippen molar-refractivity contribution in [1.82, 2.24) is 9.97 Å². The van der Waals surface area contributed by atoms with E-state index in [4.69, 9.17) is 9.47 Å². The van der Waals surface area contributed by atoms with Gasteiger partial charge in [-0.15, -0.1) is 0 Å². The van der Waals surface area contributed by atoms with E-state index in [-0.39, 0.29) is 4.83 Å². The molecule has 1 heterocycles. The van der Waals surface area contributed by atoms with Gasteiger partial charge in [-0.25, -0.2) is 4.98 Å². The third-order valence-electron chi connectivity index (χ3n) is 2.71. The Balaban J connectivity index is 2.21. The van der Waals surface area contributed by atoms with Gasteiger partial charge in [0.05, 0.1) is 19.0 Å². The Bertz CT molecular complexity index is 500. The van der Waals surface area contributed by atoms with Crippen molar-refractivity contribution in [3.05, 3.63) is 42.0 Å². The lowest BCUT2D eigenvalue weighted by Crippen LogP contribution is -2.00. The number of hydrogen-bond donors (Lipinski definition) is 1. The van der Waals surface area contributed by atoms with Crippen LogP contribution in [0, 0.1) is 0 Å². The molecule has 0 saturated heterocycles. The second-order valence-corrected chi connectivity index (χ2v) is 4.92. The van der Waals surface area contributed by atoms with Crippen molar-refractivity contribution < 1.29 is 9.47 Å². The molecule has 1 unspecified atom stereocenters. The van der Waals surface area contributed by atoms with Gasteiger partial charge in [-0.05, 0) is 6.07 Å². The molecule has 0 spiro atoms. The van der Waals surface area contributed by atoms with Crippen LogP contribution in [0.15, 0.2) is 30.6 Å². The van der Waals surface area contributed by atoms with Crippen LogP contribution >= 0.6 is 15.9 Å². The summed E-state index contributed by atoms with van der Waals surface area (Å²) in [5.74, 6) is 2.53. The molecule has 1 atom stereocenters. The highest BCUT2D eigenvalue weighted by Crippen LogP contribution is 2.35. The maximum Gasteiger partial charge on any atom is 0.126 e. The zero-order valence-electron chi connectivity index (χ0n) is 10.3. The van der Waals surface area contributed by atoms with E-state index < -0.39 is 0 Å². The number of H-pyrrole nitrogens is 1. The number of alkyl halides is 1. The lowest BCUT2D eigenvalue weighted by atomic mass is 10.1. The van der Waals surface area contributed by atoms with E-state index in [1.807, 2.05) is 24.4 Å². The smallest absolute Gasteiger partial charge is 0.126 e. The van der Waals surface area contributed by atoms with Gasteiger partial charge in [0.2, 0.25) is 0 Å². The van der Waals surface area contributed by atoms with Gasteiger partial charge >= 0.3 is 0 Å². The predicted molar refractivity (Wildman–Crippen MR) is 73.5 cm³/mol. The van der Waals surface area contributed by atoms with Crippen LogP contribution in [0.4, 0.5) is 0 Å². The SMILES string of the molecule is COc1ccc(C(Br)Cc2ncc[nH]2)c(OC)c1. The fourth-order valence-electron chi connectivity index (χ4n) is 1.77. The lowest BCUT2D eigenvalue weighted by molar-refractivity contribution is 0.391. The number of rotatable bonds is 5. The standard InChI is InChI=1S/C13H15BrN2O2/c1-17-9-3-4-10(12(7-9)18-2)11(14)8-13-15-5-6-16-13/h3-7,11H,8H2,1-2H3,(H,15,16). The molecule has 0 radical (unpaired) electrons. The molecule has 2 aromatic rings. The number of halogens is 1. The van der Waals surface area contributed by atoms with Crippen molar-refractivity contribution in [1.29, 1.82) is 0 Å². The first-order valence-corrected chi connectivity index (χ1v) is 6.50. The Labute approximate surface area is 114 Å². The minimum atomic E-state index is 0.143. The fraction of sp³-hybridized carbons (Fsp3) is 0.308. The van der Waals surface area contributed by atoms with Crippen LogP contribution < -0.4 is 9.47 Å². The predicted octanol–water partition coefficient (Wildman–Crippen LogP) is 3.11. The lowest BCUT2D eigenvalue weighted by Gasteiger charge is -2.14. The average molecular weight is 311 g/mol. The summed E-state index contributed by atoms with van der Waals surface area (Å²) < 4.78 is 10.6. The summed E-state index contributed by atoms with van der Waals surface area (Å²) >= 11 is 3.66. The third kappa shape index (κ3) is 2.85. The number of imidazole rings is 1. The Morgan fingerprint density at radius 1 is 1.33 bits per heavy atom. The van der Waals surface area contributed by atoms with E-state index in [2.05, 4.69) is 25.9 Å². The molecule has 96 valence electrons. The summed E-state index contributed by atoms with van der Waals surface area (Å²) in [5, 5.41) is 0. The number of aromatic nitrogens is 2. The maximum atomic E-state index is 5.39. The van der Waals surface area contributed by atoms with Crippen molar-refractivity contribution in [2.45, 2.75) is 11.2 Å². The van der Waals surface area contributed by atoms with Crippen molar-refractivity contribution in [3.8, 4) is 11.5 Å². The fourth-order valence-corrected chi connectivity index (χ4v) is 2.45. The van der Waals surface area contributed by atoms with Gasteiger partial charge in [-0.3, -0.25) is 0 Å². The van der Waals surface area contributed by atoms with Gasteiger partial charge in [0.25, 0.3) is 0 Å². The first kappa shape index (κ1) is 13.0. The topological polar surface area (TPSA) is 47.1 Å². The molecule has 1 N–H and O–H groups in total. The molecule has 0 aliphatic rings. The second-order valence-electron chi connectivity index (χ2n) is 3.82. The van der Waals surface area contributed by atoms with Gasteiger partial charge in [-0.2, -0.15) is 0 Å².